The van der Waals surface area contributed by atoms with Gasteiger partial charge in [0.1, 0.15) is 69.0 Å². The van der Waals surface area contributed by atoms with Crippen molar-refractivity contribution >= 4 is 72.1 Å². The first-order chi connectivity index (χ1) is 55.9. The zero-order valence-corrected chi connectivity index (χ0v) is 80.2. The molecule has 9 rings (SSSR count). The van der Waals surface area contributed by atoms with Crippen molar-refractivity contribution in [3.8, 4) is 0 Å². The lowest BCUT2D eigenvalue weighted by molar-refractivity contribution is -0.297. The molecule has 5 N–H and O–H groups in total. The van der Waals surface area contributed by atoms with Crippen LogP contribution in [-0.2, 0) is 101 Å². The summed E-state index contributed by atoms with van der Waals surface area (Å²) in [4.78, 5) is 76.3. The molecule has 4 aromatic rings. The van der Waals surface area contributed by atoms with Crippen LogP contribution in [-0.4, -0.2) is 196 Å². The Balaban J connectivity index is 1.24. The van der Waals surface area contributed by atoms with Gasteiger partial charge in [0.15, 0.2) is 72.9 Å². The molecule has 4 aromatic carbocycles. The van der Waals surface area contributed by atoms with Gasteiger partial charge >= 0.3 is 30.5 Å². The van der Waals surface area contributed by atoms with Gasteiger partial charge < -0.3 is 101 Å². The number of fused-ring (bicyclic) bond motifs is 1. The molecule has 4 heterocycles. The normalized spacial score (nSPS) is 27.2. The fourth-order valence-corrected chi connectivity index (χ4v) is 19.5. The number of carbonyl (C=O) groups excluding carboxylic acids is 5. The van der Waals surface area contributed by atoms with Gasteiger partial charge in [-0.1, -0.05) is 230 Å². The van der Waals surface area contributed by atoms with Crippen LogP contribution in [0.4, 0.5) is 24.0 Å². The second-order valence-corrected chi connectivity index (χ2v) is 63.6. The molecule has 5 fully saturated rings. The van der Waals surface area contributed by atoms with Crippen LogP contribution in [0.5, 0.6) is 0 Å². The minimum absolute atomic E-state index is 0.0300. The molecular weight excluding hydrogens is 1620 g/mol. The average molecular weight is 1760 g/mol. The predicted molar refractivity (Wildman–Crippen MR) is 467 cm³/mol. The van der Waals surface area contributed by atoms with Crippen LogP contribution in [0, 0.1) is 5.92 Å². The first-order valence-corrected chi connectivity index (χ1v) is 56.5. The lowest BCUT2D eigenvalue weighted by atomic mass is 9.83. The van der Waals surface area contributed by atoms with Gasteiger partial charge in [-0.2, -0.15) is 0 Å². The Morgan fingerprint density at radius 1 is 0.458 bits per heavy atom. The number of ether oxygens (including phenoxy) is 11. The molecule has 666 valence electrons. The zero-order valence-electron chi connectivity index (χ0n) is 75.2. The third-order valence-corrected chi connectivity index (χ3v) is 48.1. The number of amides is 5. The minimum Gasteiger partial charge on any atom is -0.445 e. The molecule has 34 heteroatoms. The number of nitrogens with zero attached hydrogens (tertiary/aromatic N) is 3. The summed E-state index contributed by atoms with van der Waals surface area (Å²) in [6.07, 6.45) is -20.4. The number of hydrogen-bond donors (Lipinski definition) is 5. The maximum atomic E-state index is 15.2. The highest BCUT2D eigenvalue weighted by atomic mass is 28.4. The molecule has 1 aliphatic carbocycles. The standard InChI is InChI=1S/C86H136N8O21Si5/c1-82(2,3)116(16,17)104-54-60-67(107-75-66(93-80(98)103-53-58-44-36-29-37-45-58)71(114-119(22,23)85(10,11)12)70(113-118(20,21)84(7,8)9)64(106-75)49-88-77(95)100-50-55-38-30-26-31-39-55)76(115-120(24,25)86(13,14)15)111-73(60)109-72-68(61(47-62-69(72)110-81(99)91-62)90-78(96)101-51-56-40-32-27-33-41-56)108-74-65(92-79(97)102-52-57-42-34-28-35-43-57)63(46-59(105-74)48-89-94-87)112-117(18,19)83(4,5)6/h26-45,59-76H,46-54H2,1-25H3,(H,88,95)(H,90,96)(H,91,99)(H,92,97)(H,93,98)/t59-,60+,61-,62+,63-,64-,65+,66+,67-,68+,69-,70+,71+,72-,73+,74+,75+,76+/m0/s1. The topological polar surface area (TPSA) is 342 Å². The highest BCUT2D eigenvalue weighted by Crippen LogP contribution is 2.49. The van der Waals surface area contributed by atoms with E-state index in [1.54, 1.807) is 0 Å². The van der Waals surface area contributed by atoms with E-state index in [-0.39, 0.29) is 69.0 Å². The van der Waals surface area contributed by atoms with E-state index in [4.69, 9.17) is 74.2 Å². The number of alkyl carbamates (subject to hydrolysis) is 5. The van der Waals surface area contributed by atoms with Crippen molar-refractivity contribution in [3.05, 3.63) is 154 Å². The van der Waals surface area contributed by atoms with Crippen LogP contribution < -0.4 is 26.6 Å². The first kappa shape index (κ1) is 97.0. The minimum atomic E-state index is -3.08. The third kappa shape index (κ3) is 25.7. The van der Waals surface area contributed by atoms with Crippen LogP contribution in [0.25, 0.3) is 10.4 Å². The summed E-state index contributed by atoms with van der Waals surface area (Å²) in [6, 6.07) is 32.4. The van der Waals surface area contributed by atoms with E-state index in [0.29, 0.717) is 5.56 Å². The molecule has 0 unspecified atom stereocenters. The maximum Gasteiger partial charge on any atom is 0.407 e. The number of azide groups is 1. The molecule has 0 bridgehead atoms. The molecule has 4 aliphatic heterocycles. The quantitative estimate of drug-likeness (QED) is 0.00997. The highest BCUT2D eigenvalue weighted by molar-refractivity contribution is 6.76. The van der Waals surface area contributed by atoms with E-state index in [1.807, 2.05) is 121 Å². The smallest absolute Gasteiger partial charge is 0.407 e. The van der Waals surface area contributed by atoms with Gasteiger partial charge in [-0.25, -0.2) is 24.0 Å². The van der Waals surface area contributed by atoms with E-state index in [1.165, 1.54) is 0 Å². The monoisotopic (exact) mass is 1760 g/mol. The molecule has 29 nitrogen and oxygen atoms in total. The number of carbonyl (C=O) groups is 5. The summed E-state index contributed by atoms with van der Waals surface area (Å²) >= 11 is 0. The van der Waals surface area contributed by atoms with Gasteiger partial charge in [0, 0.05) is 24.5 Å². The van der Waals surface area contributed by atoms with Crippen LogP contribution in [0.3, 0.4) is 0 Å². The Morgan fingerprint density at radius 2 is 0.867 bits per heavy atom. The van der Waals surface area contributed by atoms with Gasteiger partial charge in [-0.05, 0) is 125 Å². The number of benzene rings is 4. The van der Waals surface area contributed by atoms with Gasteiger partial charge in [-0.15, -0.1) is 0 Å². The van der Waals surface area contributed by atoms with Crippen LogP contribution in [0.2, 0.25) is 90.7 Å². The van der Waals surface area contributed by atoms with E-state index < -0.39 is 197 Å². The lowest BCUT2D eigenvalue weighted by Gasteiger charge is -2.53. The van der Waals surface area contributed by atoms with Crippen molar-refractivity contribution < 1.29 is 98.2 Å². The van der Waals surface area contributed by atoms with Gasteiger partial charge in [0.05, 0.1) is 42.9 Å². The Hall–Kier alpha value is -6.82. The number of hydrogen-bond acceptors (Lipinski definition) is 22. The summed E-state index contributed by atoms with van der Waals surface area (Å²) < 4.78 is 113. The fourth-order valence-electron chi connectivity index (χ4n) is 13.4. The van der Waals surface area contributed by atoms with E-state index in [0.717, 1.165) is 16.7 Å². The fraction of sp³-hybridized carbons (Fsp3) is 0.663. The average Bonchev–Trinajstić information content (AvgIpc) is 1.73. The summed E-state index contributed by atoms with van der Waals surface area (Å²) in [7, 11) is -14.7. The Morgan fingerprint density at radius 3 is 1.33 bits per heavy atom. The van der Waals surface area contributed by atoms with Crippen molar-refractivity contribution in [1.29, 1.82) is 0 Å². The molecule has 0 radical (unpaired) electrons. The van der Waals surface area contributed by atoms with Gasteiger partial charge in [0.25, 0.3) is 0 Å². The first-order valence-electron chi connectivity index (χ1n) is 42.0. The van der Waals surface area contributed by atoms with E-state index in [9.17, 15) is 24.7 Å². The zero-order chi connectivity index (χ0) is 88.4. The number of rotatable bonds is 32. The van der Waals surface area contributed by atoms with Crippen molar-refractivity contribution in [2.45, 2.75) is 338 Å². The molecule has 0 aromatic heterocycles. The summed E-state index contributed by atoms with van der Waals surface area (Å²) in [5.41, 5.74) is 12.8. The highest BCUT2D eigenvalue weighted by Gasteiger charge is 2.62. The molecule has 5 amide bonds. The van der Waals surface area contributed by atoms with Crippen molar-refractivity contribution in [3.63, 3.8) is 0 Å². The molecule has 4 saturated heterocycles. The van der Waals surface area contributed by atoms with Crippen molar-refractivity contribution in [2.75, 3.05) is 19.7 Å². The Labute approximate surface area is 715 Å². The van der Waals surface area contributed by atoms with Crippen LogP contribution in [0.15, 0.2) is 126 Å². The van der Waals surface area contributed by atoms with Gasteiger partial charge in [-0.3, -0.25) is 0 Å². The molecule has 5 aliphatic rings. The molecule has 1 saturated carbocycles. The van der Waals surface area contributed by atoms with Crippen LogP contribution >= 0.6 is 0 Å². The number of nitrogens with one attached hydrogen (secondary N) is 5. The second-order valence-electron chi connectivity index (χ2n) is 39.8. The second kappa shape index (κ2) is 40.0. The largest absolute Gasteiger partial charge is 0.445 e. The van der Waals surface area contributed by atoms with E-state index in [2.05, 4.69) is 206 Å². The third-order valence-electron chi connectivity index (χ3n) is 25.7. The summed E-state index contributed by atoms with van der Waals surface area (Å²) in [5, 5.41) is 17.3. The summed E-state index contributed by atoms with van der Waals surface area (Å²) in [6.45, 7) is 51.8. The molecule has 0 spiro atoms. The Kier molecular flexibility index (Phi) is 32.3. The summed E-state index contributed by atoms with van der Waals surface area (Å²) in [5.74, 6) is -1.07. The molecular formula is C86H136N8O21Si5. The SMILES string of the molecule is CC(C)(C)[Si](C)(C)OC[C@H]1[C@H](O[C@@H]2[C@H]3OC(=O)N[C@@H]3C[C@H](NC(=O)OCc3ccccc3)[C@H]2O[C@H]2O[C@H](CN=[N+]=[N-])C[C@H](O[Si](C)(C)C(C)(C)C)[C@H]2NC(=O)OCc2ccccc2)O[C@H](O[Si](C)(C)C(C)(C)C)[C@H]1O[C@H]1O[C@@H](CNC(=O)OCc2ccccc2)[C@@H](O[Si](C)(C)C(C)(C)C)[C@H](O[Si](C)(C)C(C)(C)C)[C@H]1NC(=O)OCc1ccccc1. The lowest BCUT2D eigenvalue weighted by Crippen LogP contribution is -2.71. The van der Waals surface area contributed by atoms with E-state index >= 15 is 4.79 Å². The molecule has 120 heavy (non-hydrogen) atoms. The van der Waals surface area contributed by atoms with Gasteiger partial charge in [0.2, 0.25) is 0 Å². The maximum absolute atomic E-state index is 15.2. The Bertz CT molecular complexity index is 4050. The predicted octanol–water partition coefficient (Wildman–Crippen LogP) is 17.5. The molecule has 18 atom stereocenters. The van der Waals surface area contributed by atoms with Crippen LogP contribution in [0.1, 0.15) is 139 Å². The van der Waals surface area contributed by atoms with Crippen molar-refractivity contribution in [2.24, 2.45) is 11.0 Å². The van der Waals surface area contributed by atoms with Crippen molar-refractivity contribution in [1.82, 2.24) is 26.6 Å².